The minimum atomic E-state index is -0.280. The van der Waals surface area contributed by atoms with Crippen LogP contribution < -0.4 is 19.7 Å². The van der Waals surface area contributed by atoms with Crippen molar-refractivity contribution in [3.05, 3.63) is 60.4 Å². The third-order valence-corrected chi connectivity index (χ3v) is 4.71. The van der Waals surface area contributed by atoms with Crippen molar-refractivity contribution in [1.82, 2.24) is 15.2 Å². The minimum absolute atomic E-state index is 0.265. The summed E-state index contributed by atoms with van der Waals surface area (Å²) in [5, 5.41) is 3.36. The fourth-order valence-electron chi connectivity index (χ4n) is 3.28. The molecule has 0 atom stereocenters. The van der Waals surface area contributed by atoms with Crippen LogP contribution in [0.25, 0.3) is 0 Å². The zero-order valence-corrected chi connectivity index (χ0v) is 14.4. The van der Waals surface area contributed by atoms with E-state index in [9.17, 15) is 4.39 Å². The lowest BCUT2D eigenvalue weighted by Gasteiger charge is -2.38. The maximum atomic E-state index is 13.9. The van der Waals surface area contributed by atoms with Crippen molar-refractivity contribution in [2.45, 2.75) is 6.54 Å². The van der Waals surface area contributed by atoms with Crippen LogP contribution >= 0.6 is 0 Å². The molecule has 4 rings (SSSR count). The molecule has 1 saturated heterocycles. The van der Waals surface area contributed by atoms with E-state index in [0.717, 1.165) is 49.1 Å². The van der Waals surface area contributed by atoms with Crippen molar-refractivity contribution in [3.8, 4) is 11.5 Å². The summed E-state index contributed by atoms with van der Waals surface area (Å²) in [5.41, 5.74) is 1.65. The van der Waals surface area contributed by atoms with Crippen LogP contribution in [0.15, 0.2) is 49.1 Å². The number of pyridine rings is 1. The molecule has 0 saturated carbocycles. The highest BCUT2D eigenvalue weighted by atomic mass is 19.1. The fourth-order valence-corrected chi connectivity index (χ4v) is 3.28. The van der Waals surface area contributed by atoms with E-state index in [4.69, 9.17) is 9.47 Å². The van der Waals surface area contributed by atoms with Gasteiger partial charge in [0, 0.05) is 44.5 Å². The molecule has 1 fully saturated rings. The Bertz CT molecular complexity index is 806. The summed E-state index contributed by atoms with van der Waals surface area (Å²) < 4.78 is 24.8. The molecule has 1 N–H and O–H groups in total. The van der Waals surface area contributed by atoms with E-state index in [0.29, 0.717) is 12.2 Å². The number of benzene rings is 1. The SMILES string of the molecule is C=C(NCc1cccc2c1OCO2)N1CCN(c2ccncc2F)CC1. The number of halogens is 1. The predicted molar refractivity (Wildman–Crippen MR) is 96.5 cm³/mol. The maximum absolute atomic E-state index is 13.9. The van der Waals surface area contributed by atoms with Gasteiger partial charge >= 0.3 is 0 Å². The first-order chi connectivity index (χ1) is 12.7. The Morgan fingerprint density at radius 2 is 2.04 bits per heavy atom. The van der Waals surface area contributed by atoms with E-state index in [-0.39, 0.29) is 12.6 Å². The van der Waals surface area contributed by atoms with Gasteiger partial charge in [0.1, 0.15) is 0 Å². The van der Waals surface area contributed by atoms with Crippen LogP contribution in [0.4, 0.5) is 10.1 Å². The fraction of sp³-hybridized carbons (Fsp3) is 0.316. The van der Waals surface area contributed by atoms with Crippen molar-refractivity contribution in [3.63, 3.8) is 0 Å². The molecule has 1 aromatic heterocycles. The summed E-state index contributed by atoms with van der Waals surface area (Å²) in [7, 11) is 0. The Hall–Kier alpha value is -2.96. The molecule has 0 unspecified atom stereocenters. The minimum Gasteiger partial charge on any atom is -0.454 e. The van der Waals surface area contributed by atoms with Gasteiger partial charge in [-0.3, -0.25) is 4.98 Å². The van der Waals surface area contributed by atoms with Crippen molar-refractivity contribution in [2.24, 2.45) is 0 Å². The van der Waals surface area contributed by atoms with Crippen molar-refractivity contribution in [2.75, 3.05) is 37.9 Å². The molecule has 7 heteroatoms. The van der Waals surface area contributed by atoms with E-state index >= 15 is 0 Å². The summed E-state index contributed by atoms with van der Waals surface area (Å²) in [5.74, 6) is 2.16. The lowest BCUT2D eigenvalue weighted by Crippen LogP contribution is -2.48. The number of nitrogens with one attached hydrogen (secondary N) is 1. The molecule has 0 radical (unpaired) electrons. The van der Waals surface area contributed by atoms with E-state index < -0.39 is 0 Å². The summed E-state index contributed by atoms with van der Waals surface area (Å²) in [6.07, 6.45) is 2.88. The van der Waals surface area contributed by atoms with E-state index in [1.165, 1.54) is 6.20 Å². The zero-order valence-electron chi connectivity index (χ0n) is 14.4. The van der Waals surface area contributed by atoms with Crippen molar-refractivity contribution < 1.29 is 13.9 Å². The largest absolute Gasteiger partial charge is 0.454 e. The summed E-state index contributed by atoms with van der Waals surface area (Å²) in [4.78, 5) is 8.02. The van der Waals surface area contributed by atoms with E-state index in [1.54, 1.807) is 12.3 Å². The topological polar surface area (TPSA) is 49.9 Å². The molecule has 0 aliphatic carbocycles. The highest BCUT2D eigenvalue weighted by Gasteiger charge is 2.21. The predicted octanol–water partition coefficient (Wildman–Crippen LogP) is 2.33. The summed E-state index contributed by atoms with van der Waals surface area (Å²) in [6.45, 7) is 8.05. The van der Waals surface area contributed by atoms with Gasteiger partial charge in [0.2, 0.25) is 6.79 Å². The lowest BCUT2D eigenvalue weighted by atomic mass is 10.2. The molecule has 3 heterocycles. The molecule has 1 aromatic carbocycles. The van der Waals surface area contributed by atoms with Crippen molar-refractivity contribution in [1.29, 1.82) is 0 Å². The molecular formula is C19H21FN4O2. The molecule has 0 bridgehead atoms. The Balaban J connectivity index is 1.32. The second kappa shape index (κ2) is 7.11. The monoisotopic (exact) mass is 356 g/mol. The Morgan fingerprint density at radius 1 is 1.19 bits per heavy atom. The molecule has 0 amide bonds. The Kier molecular flexibility index (Phi) is 4.51. The molecule has 2 aromatic rings. The molecule has 0 spiro atoms. The third kappa shape index (κ3) is 3.24. The number of anilines is 1. The number of hydrogen-bond donors (Lipinski definition) is 1. The van der Waals surface area contributed by atoms with Crippen LogP contribution in [0.3, 0.4) is 0 Å². The van der Waals surface area contributed by atoms with Gasteiger partial charge in [-0.25, -0.2) is 4.39 Å². The number of nitrogens with zero attached hydrogens (tertiary/aromatic N) is 3. The first-order valence-electron chi connectivity index (χ1n) is 8.62. The van der Waals surface area contributed by atoms with Gasteiger partial charge in [0.25, 0.3) is 0 Å². The van der Waals surface area contributed by atoms with Crippen LogP contribution in [0.2, 0.25) is 0 Å². The van der Waals surface area contributed by atoms with Crippen LogP contribution in [0, 0.1) is 5.82 Å². The quantitative estimate of drug-likeness (QED) is 0.887. The smallest absolute Gasteiger partial charge is 0.231 e. The zero-order chi connectivity index (χ0) is 17.9. The summed E-state index contributed by atoms with van der Waals surface area (Å²) >= 11 is 0. The number of fused-ring (bicyclic) bond motifs is 1. The van der Waals surface area contributed by atoms with Gasteiger partial charge in [0.05, 0.1) is 17.7 Å². The Labute approximate surface area is 151 Å². The van der Waals surface area contributed by atoms with Crippen LogP contribution in [-0.4, -0.2) is 42.9 Å². The van der Waals surface area contributed by atoms with E-state index in [1.807, 2.05) is 23.1 Å². The second-order valence-corrected chi connectivity index (χ2v) is 6.25. The molecule has 26 heavy (non-hydrogen) atoms. The number of rotatable bonds is 5. The molecule has 2 aliphatic heterocycles. The number of para-hydroxylation sites is 1. The lowest BCUT2D eigenvalue weighted by molar-refractivity contribution is 0.173. The Morgan fingerprint density at radius 3 is 2.85 bits per heavy atom. The van der Waals surface area contributed by atoms with Crippen LogP contribution in [0.5, 0.6) is 11.5 Å². The second-order valence-electron chi connectivity index (χ2n) is 6.25. The van der Waals surface area contributed by atoms with Gasteiger partial charge in [-0.05, 0) is 12.1 Å². The van der Waals surface area contributed by atoms with Gasteiger partial charge in [-0.15, -0.1) is 0 Å². The van der Waals surface area contributed by atoms with Crippen LogP contribution in [-0.2, 0) is 6.54 Å². The average Bonchev–Trinajstić information content (AvgIpc) is 3.16. The highest BCUT2D eigenvalue weighted by Crippen LogP contribution is 2.35. The van der Waals surface area contributed by atoms with Gasteiger partial charge in [0.15, 0.2) is 17.3 Å². The van der Waals surface area contributed by atoms with Gasteiger partial charge < -0.3 is 24.6 Å². The van der Waals surface area contributed by atoms with Gasteiger partial charge in [-0.1, -0.05) is 18.7 Å². The number of ether oxygens (including phenoxy) is 2. The van der Waals surface area contributed by atoms with Crippen LogP contribution in [0.1, 0.15) is 5.56 Å². The number of piperazine rings is 1. The van der Waals surface area contributed by atoms with Crippen molar-refractivity contribution >= 4 is 5.69 Å². The average molecular weight is 356 g/mol. The normalized spacial score (nSPS) is 15.9. The first-order valence-corrected chi connectivity index (χ1v) is 8.62. The van der Waals surface area contributed by atoms with Gasteiger partial charge in [-0.2, -0.15) is 0 Å². The molecule has 2 aliphatic rings. The standard InChI is InChI=1S/C19H21FN4O2/c1-14(22-11-15-3-2-4-18-19(15)26-13-25-18)23-7-9-24(10-8-23)17-5-6-21-12-16(17)20/h2-6,12,22H,1,7-11,13H2. The molecular weight excluding hydrogens is 335 g/mol. The first kappa shape index (κ1) is 16.5. The molecule has 136 valence electrons. The number of aromatic nitrogens is 1. The maximum Gasteiger partial charge on any atom is 0.231 e. The number of hydrogen-bond acceptors (Lipinski definition) is 6. The summed E-state index contributed by atoms with van der Waals surface area (Å²) in [6, 6.07) is 7.58. The molecule has 6 nitrogen and oxygen atoms in total. The van der Waals surface area contributed by atoms with E-state index in [2.05, 4.69) is 21.8 Å². The third-order valence-electron chi connectivity index (χ3n) is 4.71. The highest BCUT2D eigenvalue weighted by molar-refractivity contribution is 5.48.